The Balaban J connectivity index is 1.78. The lowest BCUT2D eigenvalue weighted by molar-refractivity contribution is -0.402. The Morgan fingerprint density at radius 2 is 1.93 bits per heavy atom. The van der Waals surface area contributed by atoms with Crippen molar-refractivity contribution in [1.82, 2.24) is 4.90 Å². The molecule has 2 aromatic rings. The van der Waals surface area contributed by atoms with Gasteiger partial charge in [0, 0.05) is 19.7 Å². The quantitative estimate of drug-likeness (QED) is 0.281. The van der Waals surface area contributed by atoms with Crippen LogP contribution in [0.25, 0.3) is 6.08 Å². The number of likely N-dealkylation sites (N-methyl/N-ethyl adjacent to an activating group) is 1. The Hall–Kier alpha value is -3.62. The van der Waals surface area contributed by atoms with Gasteiger partial charge in [0.05, 0.1) is 12.7 Å². The monoisotopic (exact) mass is 388 g/mol. The Kier molecular flexibility index (Phi) is 7.32. The molecular weight excluding hydrogens is 368 g/mol. The maximum atomic E-state index is 12.1. The standard InChI is InChI=1S/C19H20N2O7/c1-3-26-15-6-4-14(5-7-15)12-20(2)17(22)13-27-19(23)11-9-16-8-10-18(28-16)21(24)25/h4-11H,3,12-13H2,1-2H3/b11-9+. The summed E-state index contributed by atoms with van der Waals surface area (Å²) >= 11 is 0. The van der Waals surface area contributed by atoms with Gasteiger partial charge in [0.15, 0.2) is 6.61 Å². The molecule has 9 heteroatoms. The molecule has 0 unspecified atom stereocenters. The zero-order valence-corrected chi connectivity index (χ0v) is 15.5. The molecule has 1 aromatic heterocycles. The molecule has 0 saturated carbocycles. The first-order valence-electron chi connectivity index (χ1n) is 8.43. The van der Waals surface area contributed by atoms with E-state index in [0.29, 0.717) is 13.2 Å². The average molecular weight is 388 g/mol. The lowest BCUT2D eigenvalue weighted by Gasteiger charge is -2.17. The summed E-state index contributed by atoms with van der Waals surface area (Å²) in [6.07, 6.45) is 2.26. The van der Waals surface area contributed by atoms with Crippen molar-refractivity contribution in [3.63, 3.8) is 0 Å². The zero-order chi connectivity index (χ0) is 20.5. The van der Waals surface area contributed by atoms with Gasteiger partial charge in [0.2, 0.25) is 0 Å². The highest BCUT2D eigenvalue weighted by Gasteiger charge is 2.13. The molecular formula is C19H20N2O7. The number of nitrogens with zero attached hydrogens (tertiary/aromatic N) is 2. The highest BCUT2D eigenvalue weighted by atomic mass is 16.6. The normalized spacial score (nSPS) is 10.6. The number of ether oxygens (including phenoxy) is 2. The van der Waals surface area contributed by atoms with Gasteiger partial charge in [0.25, 0.3) is 5.91 Å². The highest BCUT2D eigenvalue weighted by molar-refractivity contribution is 5.88. The zero-order valence-electron chi connectivity index (χ0n) is 15.5. The van der Waals surface area contributed by atoms with Crippen molar-refractivity contribution in [3.8, 4) is 5.75 Å². The minimum Gasteiger partial charge on any atom is -0.494 e. The number of benzene rings is 1. The van der Waals surface area contributed by atoms with E-state index in [0.717, 1.165) is 17.4 Å². The molecule has 0 aliphatic carbocycles. The van der Waals surface area contributed by atoms with E-state index in [1.165, 1.54) is 23.1 Å². The predicted molar refractivity (Wildman–Crippen MR) is 99.4 cm³/mol. The number of amides is 1. The van der Waals surface area contributed by atoms with Crippen molar-refractivity contribution in [2.24, 2.45) is 0 Å². The first-order chi connectivity index (χ1) is 13.4. The molecule has 148 valence electrons. The number of rotatable bonds is 9. The molecule has 1 aromatic carbocycles. The Bertz CT molecular complexity index is 855. The largest absolute Gasteiger partial charge is 0.494 e. The fourth-order valence-electron chi connectivity index (χ4n) is 2.19. The molecule has 0 radical (unpaired) electrons. The van der Waals surface area contributed by atoms with Crippen molar-refractivity contribution in [3.05, 3.63) is 63.9 Å². The lowest BCUT2D eigenvalue weighted by atomic mass is 10.2. The Morgan fingerprint density at radius 3 is 2.54 bits per heavy atom. The van der Waals surface area contributed by atoms with E-state index in [-0.39, 0.29) is 11.7 Å². The highest BCUT2D eigenvalue weighted by Crippen LogP contribution is 2.16. The summed E-state index contributed by atoms with van der Waals surface area (Å²) < 4.78 is 15.1. The van der Waals surface area contributed by atoms with E-state index >= 15 is 0 Å². The summed E-state index contributed by atoms with van der Waals surface area (Å²) in [4.78, 5) is 35.0. The predicted octanol–water partition coefficient (Wildman–Crippen LogP) is 2.80. The number of hydrogen-bond donors (Lipinski definition) is 0. The second kappa shape index (κ2) is 9.91. The molecule has 0 atom stereocenters. The van der Waals surface area contributed by atoms with Crippen molar-refractivity contribution >= 4 is 23.8 Å². The van der Waals surface area contributed by atoms with Gasteiger partial charge in [-0.15, -0.1) is 0 Å². The van der Waals surface area contributed by atoms with Gasteiger partial charge in [-0.1, -0.05) is 12.1 Å². The van der Waals surface area contributed by atoms with Gasteiger partial charge in [-0.3, -0.25) is 14.9 Å². The van der Waals surface area contributed by atoms with Crippen LogP contribution in [-0.4, -0.2) is 42.0 Å². The molecule has 0 bridgehead atoms. The van der Waals surface area contributed by atoms with E-state index in [4.69, 9.17) is 13.9 Å². The summed E-state index contributed by atoms with van der Waals surface area (Å²) in [5.41, 5.74) is 0.907. The van der Waals surface area contributed by atoms with Crippen LogP contribution in [0, 0.1) is 10.1 Å². The van der Waals surface area contributed by atoms with Crippen molar-refractivity contribution in [1.29, 1.82) is 0 Å². The summed E-state index contributed by atoms with van der Waals surface area (Å²) in [6.45, 7) is 2.41. The first-order valence-corrected chi connectivity index (χ1v) is 8.43. The summed E-state index contributed by atoms with van der Waals surface area (Å²) in [7, 11) is 1.60. The Labute approximate surface area is 161 Å². The second-order valence-corrected chi connectivity index (χ2v) is 5.70. The summed E-state index contributed by atoms with van der Waals surface area (Å²) in [5.74, 6) is -0.685. The third-order valence-electron chi connectivity index (χ3n) is 3.59. The van der Waals surface area contributed by atoms with Crippen molar-refractivity contribution in [2.45, 2.75) is 13.5 Å². The fraction of sp³-hybridized carbons (Fsp3) is 0.263. The van der Waals surface area contributed by atoms with Gasteiger partial charge in [-0.05, 0) is 36.8 Å². The average Bonchev–Trinajstić information content (AvgIpc) is 3.15. The smallest absolute Gasteiger partial charge is 0.433 e. The third kappa shape index (κ3) is 6.27. The first kappa shape index (κ1) is 20.7. The summed E-state index contributed by atoms with van der Waals surface area (Å²) in [6, 6.07) is 9.86. The minimum absolute atomic E-state index is 0.127. The molecule has 1 heterocycles. The van der Waals surface area contributed by atoms with Crippen LogP contribution in [0.2, 0.25) is 0 Å². The van der Waals surface area contributed by atoms with E-state index < -0.39 is 23.4 Å². The van der Waals surface area contributed by atoms with Crippen LogP contribution in [0.3, 0.4) is 0 Å². The van der Waals surface area contributed by atoms with E-state index in [1.807, 2.05) is 31.2 Å². The van der Waals surface area contributed by atoms with Gasteiger partial charge < -0.3 is 18.8 Å². The SMILES string of the molecule is CCOc1ccc(CN(C)C(=O)COC(=O)/C=C/c2ccc([N+](=O)[O-])o2)cc1. The van der Waals surface area contributed by atoms with Crippen molar-refractivity contribution in [2.75, 3.05) is 20.3 Å². The topological polar surface area (TPSA) is 112 Å². The Morgan fingerprint density at radius 1 is 1.21 bits per heavy atom. The molecule has 0 saturated heterocycles. The maximum absolute atomic E-state index is 12.1. The number of carbonyl (C=O) groups excluding carboxylic acids is 2. The van der Waals surface area contributed by atoms with Gasteiger partial charge in [0.1, 0.15) is 16.4 Å². The van der Waals surface area contributed by atoms with Crippen LogP contribution in [0.5, 0.6) is 5.75 Å². The number of nitro groups is 1. The second-order valence-electron chi connectivity index (χ2n) is 5.70. The number of furan rings is 1. The van der Waals surface area contributed by atoms with Crippen LogP contribution in [0.15, 0.2) is 46.9 Å². The van der Waals surface area contributed by atoms with E-state index in [2.05, 4.69) is 0 Å². The van der Waals surface area contributed by atoms with Gasteiger partial charge in [-0.2, -0.15) is 0 Å². The van der Waals surface area contributed by atoms with Crippen LogP contribution < -0.4 is 4.74 Å². The molecule has 1 amide bonds. The van der Waals surface area contributed by atoms with Crippen LogP contribution in [0.4, 0.5) is 5.88 Å². The number of carbonyl (C=O) groups is 2. The van der Waals surface area contributed by atoms with Crippen LogP contribution in [0.1, 0.15) is 18.2 Å². The molecule has 9 nitrogen and oxygen atoms in total. The third-order valence-corrected chi connectivity index (χ3v) is 3.59. The van der Waals surface area contributed by atoms with E-state index in [1.54, 1.807) is 7.05 Å². The molecule has 0 fully saturated rings. The summed E-state index contributed by atoms with van der Waals surface area (Å²) in [5, 5.41) is 10.5. The molecule has 0 N–H and O–H groups in total. The van der Waals surface area contributed by atoms with Crippen molar-refractivity contribution < 1.29 is 28.4 Å². The number of esters is 1. The lowest BCUT2D eigenvalue weighted by Crippen LogP contribution is -2.30. The molecule has 0 aliphatic rings. The maximum Gasteiger partial charge on any atom is 0.433 e. The van der Waals surface area contributed by atoms with E-state index in [9.17, 15) is 19.7 Å². The van der Waals surface area contributed by atoms with Crippen LogP contribution in [-0.2, 0) is 20.9 Å². The van der Waals surface area contributed by atoms with Gasteiger partial charge >= 0.3 is 11.9 Å². The molecule has 0 aliphatic heterocycles. The fourth-order valence-corrected chi connectivity index (χ4v) is 2.19. The minimum atomic E-state index is -0.762. The molecule has 28 heavy (non-hydrogen) atoms. The van der Waals surface area contributed by atoms with Gasteiger partial charge in [-0.25, -0.2) is 4.79 Å². The number of hydrogen-bond acceptors (Lipinski definition) is 7. The molecule has 2 rings (SSSR count). The van der Waals surface area contributed by atoms with Crippen LogP contribution >= 0.6 is 0 Å². The molecule has 0 spiro atoms.